The molecule has 114 valence electrons. The van der Waals surface area contributed by atoms with Gasteiger partial charge in [-0.1, -0.05) is 13.0 Å². The first-order valence-electron chi connectivity index (χ1n) is 7.93. The number of hydrogen-bond acceptors (Lipinski definition) is 3. The molecule has 0 radical (unpaired) electrons. The van der Waals surface area contributed by atoms with Crippen molar-refractivity contribution in [2.24, 2.45) is 5.92 Å². The van der Waals surface area contributed by atoms with Crippen LogP contribution < -0.4 is 10.6 Å². The molecular weight excluding hydrogens is 264 g/mol. The van der Waals surface area contributed by atoms with Crippen LogP contribution in [0.4, 0.5) is 5.69 Å². The van der Waals surface area contributed by atoms with E-state index in [9.17, 15) is 9.90 Å². The molecule has 1 aromatic carbocycles. The summed E-state index contributed by atoms with van der Waals surface area (Å²) in [6.07, 6.45) is 4.65. The van der Waals surface area contributed by atoms with Crippen molar-refractivity contribution in [3.63, 3.8) is 0 Å². The van der Waals surface area contributed by atoms with E-state index >= 15 is 0 Å². The van der Waals surface area contributed by atoms with Crippen molar-refractivity contribution in [3.05, 3.63) is 29.3 Å². The Labute approximate surface area is 125 Å². The predicted molar refractivity (Wildman–Crippen MR) is 83.6 cm³/mol. The van der Waals surface area contributed by atoms with E-state index in [0.717, 1.165) is 44.3 Å². The molecular formula is C17H24N2O2. The number of amides is 1. The third-order valence-electron chi connectivity index (χ3n) is 4.86. The minimum absolute atomic E-state index is 0.0986. The fourth-order valence-electron chi connectivity index (χ4n) is 3.26. The van der Waals surface area contributed by atoms with Gasteiger partial charge in [-0.15, -0.1) is 0 Å². The summed E-state index contributed by atoms with van der Waals surface area (Å²) in [6, 6.07) is 5.79. The number of rotatable bonds is 3. The lowest BCUT2D eigenvalue weighted by Crippen LogP contribution is -2.45. The molecule has 21 heavy (non-hydrogen) atoms. The molecule has 1 aliphatic heterocycles. The first kappa shape index (κ1) is 14.4. The molecule has 3 N–H and O–H groups in total. The van der Waals surface area contributed by atoms with E-state index in [1.54, 1.807) is 0 Å². The normalized spacial score (nSPS) is 27.8. The molecule has 0 atom stereocenters. The van der Waals surface area contributed by atoms with Gasteiger partial charge in [0.2, 0.25) is 0 Å². The molecule has 4 heteroatoms. The average molecular weight is 288 g/mol. The second kappa shape index (κ2) is 5.68. The summed E-state index contributed by atoms with van der Waals surface area (Å²) >= 11 is 0. The van der Waals surface area contributed by atoms with Crippen LogP contribution in [0.25, 0.3) is 0 Å². The van der Waals surface area contributed by atoms with Gasteiger partial charge in [-0.05, 0) is 55.7 Å². The van der Waals surface area contributed by atoms with Crippen LogP contribution in [0, 0.1) is 5.92 Å². The summed E-state index contributed by atoms with van der Waals surface area (Å²) in [5, 5.41) is 16.7. The predicted octanol–water partition coefficient (Wildman–Crippen LogP) is 2.33. The largest absolute Gasteiger partial charge is 0.388 e. The van der Waals surface area contributed by atoms with Crippen molar-refractivity contribution < 1.29 is 9.90 Å². The second-order valence-electron chi connectivity index (χ2n) is 6.64. The van der Waals surface area contributed by atoms with E-state index in [1.165, 1.54) is 5.56 Å². The highest BCUT2D eigenvalue weighted by atomic mass is 16.3. The maximum absolute atomic E-state index is 12.2. The molecule has 0 bridgehead atoms. The van der Waals surface area contributed by atoms with Gasteiger partial charge in [0.15, 0.2) is 0 Å². The van der Waals surface area contributed by atoms with Crippen LogP contribution in [-0.4, -0.2) is 29.7 Å². The number of nitrogens with one attached hydrogen (secondary N) is 2. The zero-order valence-electron chi connectivity index (χ0n) is 12.6. The lowest BCUT2D eigenvalue weighted by molar-refractivity contribution is -0.00539. The molecule has 1 fully saturated rings. The van der Waals surface area contributed by atoms with Crippen molar-refractivity contribution >= 4 is 11.6 Å². The number of benzene rings is 1. The lowest BCUT2D eigenvalue weighted by atomic mass is 9.79. The van der Waals surface area contributed by atoms with Gasteiger partial charge >= 0.3 is 0 Å². The Hall–Kier alpha value is -1.55. The topological polar surface area (TPSA) is 61.4 Å². The summed E-state index contributed by atoms with van der Waals surface area (Å²) in [7, 11) is 0. The van der Waals surface area contributed by atoms with Crippen LogP contribution >= 0.6 is 0 Å². The van der Waals surface area contributed by atoms with Gasteiger partial charge < -0.3 is 15.7 Å². The van der Waals surface area contributed by atoms with Crippen LogP contribution in [0.2, 0.25) is 0 Å². The molecule has 1 aliphatic carbocycles. The van der Waals surface area contributed by atoms with Crippen LogP contribution in [-0.2, 0) is 6.42 Å². The number of anilines is 1. The van der Waals surface area contributed by atoms with E-state index in [2.05, 4.69) is 17.6 Å². The molecule has 3 rings (SSSR count). The molecule has 0 aromatic heterocycles. The monoisotopic (exact) mass is 288 g/mol. The SMILES string of the molecule is CC1CCC(O)(CNC(=O)c2ccc3c(c2)NCC3)CC1. The van der Waals surface area contributed by atoms with Crippen molar-refractivity contribution in [1.82, 2.24) is 5.32 Å². The Morgan fingerprint density at radius 2 is 2.19 bits per heavy atom. The smallest absolute Gasteiger partial charge is 0.251 e. The highest BCUT2D eigenvalue weighted by Crippen LogP contribution is 2.31. The van der Waals surface area contributed by atoms with Gasteiger partial charge in [0, 0.05) is 24.3 Å². The van der Waals surface area contributed by atoms with Gasteiger partial charge in [-0.25, -0.2) is 0 Å². The van der Waals surface area contributed by atoms with Gasteiger partial charge in [-0.2, -0.15) is 0 Å². The van der Waals surface area contributed by atoms with E-state index in [0.29, 0.717) is 18.0 Å². The Balaban J connectivity index is 1.59. The van der Waals surface area contributed by atoms with Crippen molar-refractivity contribution in [1.29, 1.82) is 0 Å². The quantitative estimate of drug-likeness (QED) is 0.800. The van der Waals surface area contributed by atoms with Crippen molar-refractivity contribution in [3.8, 4) is 0 Å². The number of hydrogen-bond donors (Lipinski definition) is 3. The van der Waals surface area contributed by atoms with Crippen LogP contribution in [0.15, 0.2) is 18.2 Å². The van der Waals surface area contributed by atoms with Crippen LogP contribution in [0.5, 0.6) is 0 Å². The standard InChI is InChI=1S/C17H24N2O2/c1-12-4-7-17(21,8-5-12)11-19-16(20)14-3-2-13-6-9-18-15(13)10-14/h2-3,10,12,18,21H,4-9,11H2,1H3,(H,19,20). The first-order chi connectivity index (χ1) is 10.1. The average Bonchev–Trinajstić information content (AvgIpc) is 2.96. The molecule has 0 saturated heterocycles. The molecule has 1 aromatic rings. The summed E-state index contributed by atoms with van der Waals surface area (Å²) in [6.45, 7) is 3.51. The van der Waals surface area contributed by atoms with Crippen LogP contribution in [0.1, 0.15) is 48.5 Å². The number of carbonyl (C=O) groups is 1. The molecule has 0 spiro atoms. The summed E-state index contributed by atoms with van der Waals surface area (Å²) in [4.78, 5) is 12.2. The molecule has 1 amide bonds. The molecule has 0 unspecified atom stereocenters. The van der Waals surface area contributed by atoms with Gasteiger partial charge in [0.25, 0.3) is 5.91 Å². The molecule has 4 nitrogen and oxygen atoms in total. The van der Waals surface area contributed by atoms with E-state index in [1.807, 2.05) is 18.2 Å². The minimum Gasteiger partial charge on any atom is -0.388 e. The third-order valence-corrected chi connectivity index (χ3v) is 4.86. The van der Waals surface area contributed by atoms with Gasteiger partial charge in [0.05, 0.1) is 5.60 Å². The number of carbonyl (C=O) groups excluding carboxylic acids is 1. The Morgan fingerprint density at radius 3 is 2.95 bits per heavy atom. The van der Waals surface area contributed by atoms with E-state index < -0.39 is 5.60 Å². The zero-order chi connectivity index (χ0) is 14.9. The van der Waals surface area contributed by atoms with Gasteiger partial charge in [0.1, 0.15) is 0 Å². The Kier molecular flexibility index (Phi) is 3.89. The highest BCUT2D eigenvalue weighted by Gasteiger charge is 2.32. The Morgan fingerprint density at radius 1 is 1.43 bits per heavy atom. The third kappa shape index (κ3) is 3.21. The van der Waals surface area contributed by atoms with Crippen molar-refractivity contribution in [2.75, 3.05) is 18.4 Å². The molecule has 2 aliphatic rings. The highest BCUT2D eigenvalue weighted by molar-refractivity contribution is 5.95. The van der Waals surface area contributed by atoms with Crippen molar-refractivity contribution in [2.45, 2.75) is 44.6 Å². The molecule has 1 saturated carbocycles. The minimum atomic E-state index is -0.725. The molecule has 1 heterocycles. The lowest BCUT2D eigenvalue weighted by Gasteiger charge is -2.34. The zero-order valence-corrected chi connectivity index (χ0v) is 12.6. The second-order valence-corrected chi connectivity index (χ2v) is 6.64. The first-order valence-corrected chi connectivity index (χ1v) is 7.93. The fourth-order valence-corrected chi connectivity index (χ4v) is 3.26. The fraction of sp³-hybridized carbons (Fsp3) is 0.588. The number of fused-ring (bicyclic) bond motifs is 1. The number of aliphatic hydroxyl groups is 1. The maximum atomic E-state index is 12.2. The Bertz CT molecular complexity index is 534. The summed E-state index contributed by atoms with van der Waals surface area (Å²) in [5.41, 5.74) is 2.27. The van der Waals surface area contributed by atoms with Crippen LogP contribution in [0.3, 0.4) is 0 Å². The maximum Gasteiger partial charge on any atom is 0.251 e. The van der Waals surface area contributed by atoms with Gasteiger partial charge in [-0.3, -0.25) is 4.79 Å². The van der Waals surface area contributed by atoms with E-state index in [4.69, 9.17) is 0 Å². The van der Waals surface area contributed by atoms with E-state index in [-0.39, 0.29) is 5.91 Å². The summed E-state index contributed by atoms with van der Waals surface area (Å²) < 4.78 is 0. The summed E-state index contributed by atoms with van der Waals surface area (Å²) in [5.74, 6) is 0.585.